The topological polar surface area (TPSA) is 43.8 Å². The molecule has 0 unspecified atom stereocenters. The van der Waals surface area contributed by atoms with Gasteiger partial charge in [0.1, 0.15) is 5.82 Å². The third kappa shape index (κ3) is 5.66. The van der Waals surface area contributed by atoms with E-state index in [1.807, 2.05) is 19.2 Å². The summed E-state index contributed by atoms with van der Waals surface area (Å²) >= 11 is 1.73. The van der Waals surface area contributed by atoms with Crippen molar-refractivity contribution < 1.29 is 4.39 Å². The number of halogens is 1. The third-order valence-corrected chi connectivity index (χ3v) is 5.53. The normalized spacial score (nSPS) is 14.6. The summed E-state index contributed by atoms with van der Waals surface area (Å²) in [6.07, 6.45) is 3.38. The average molecular weight is 390 g/mol. The molecular weight excluding hydrogens is 361 g/mol. The number of aliphatic imine (C=N–C) groups is 1. The number of hydrogen-bond donors (Lipinski definition) is 1. The molecule has 0 radical (unpaired) electrons. The minimum atomic E-state index is -0.210. The molecule has 1 N–H and O–H groups in total. The molecule has 0 spiro atoms. The van der Waals surface area contributed by atoms with E-state index in [4.69, 9.17) is 9.98 Å². The zero-order chi connectivity index (χ0) is 19.1. The first-order valence-electron chi connectivity index (χ1n) is 9.59. The summed E-state index contributed by atoms with van der Waals surface area (Å²) in [5.41, 5.74) is 2.17. The Morgan fingerprint density at radius 3 is 2.74 bits per heavy atom. The Morgan fingerprint density at radius 2 is 2.04 bits per heavy atom. The molecule has 1 aliphatic heterocycles. The van der Waals surface area contributed by atoms with Gasteiger partial charge in [0.2, 0.25) is 0 Å². The molecule has 1 saturated heterocycles. The maximum Gasteiger partial charge on any atom is 0.193 e. The van der Waals surface area contributed by atoms with Crippen molar-refractivity contribution in [1.29, 1.82) is 0 Å². The van der Waals surface area contributed by atoms with Crippen LogP contribution in [0, 0.1) is 5.82 Å². The van der Waals surface area contributed by atoms with Crippen LogP contribution in [0.15, 0.2) is 34.6 Å². The van der Waals surface area contributed by atoms with Crippen molar-refractivity contribution in [3.8, 4) is 0 Å². The molecule has 2 heterocycles. The SMILES string of the molecule is CCNC(=NCCc1csc(N2CCCC2)n1)N(C)Cc1ccc(F)cc1. The van der Waals surface area contributed by atoms with Crippen LogP contribution in [0.5, 0.6) is 0 Å². The lowest BCUT2D eigenvalue weighted by Gasteiger charge is -2.22. The van der Waals surface area contributed by atoms with E-state index in [1.165, 1.54) is 25.0 Å². The lowest BCUT2D eigenvalue weighted by molar-refractivity contribution is 0.476. The van der Waals surface area contributed by atoms with Gasteiger partial charge in [0.15, 0.2) is 11.1 Å². The van der Waals surface area contributed by atoms with Crippen LogP contribution in [-0.4, -0.2) is 49.1 Å². The molecule has 1 aromatic heterocycles. The Labute approximate surface area is 164 Å². The predicted octanol–water partition coefficient (Wildman–Crippen LogP) is 3.52. The van der Waals surface area contributed by atoms with E-state index in [1.54, 1.807) is 11.3 Å². The number of nitrogens with one attached hydrogen (secondary N) is 1. The summed E-state index contributed by atoms with van der Waals surface area (Å²) in [5.74, 6) is 0.648. The minimum Gasteiger partial charge on any atom is -0.357 e. The Balaban J connectivity index is 1.55. The molecule has 146 valence electrons. The number of thiazole rings is 1. The maximum absolute atomic E-state index is 13.1. The number of rotatable bonds is 7. The van der Waals surface area contributed by atoms with E-state index in [-0.39, 0.29) is 5.82 Å². The highest BCUT2D eigenvalue weighted by Crippen LogP contribution is 2.24. The molecule has 1 aliphatic rings. The lowest BCUT2D eigenvalue weighted by Crippen LogP contribution is -2.38. The summed E-state index contributed by atoms with van der Waals surface area (Å²) in [4.78, 5) is 13.9. The van der Waals surface area contributed by atoms with Crippen molar-refractivity contribution in [3.63, 3.8) is 0 Å². The van der Waals surface area contributed by atoms with Gasteiger partial charge >= 0.3 is 0 Å². The lowest BCUT2D eigenvalue weighted by atomic mass is 10.2. The molecule has 2 aromatic rings. The zero-order valence-electron chi connectivity index (χ0n) is 16.1. The van der Waals surface area contributed by atoms with E-state index in [0.29, 0.717) is 13.1 Å². The Kier molecular flexibility index (Phi) is 7.04. The molecule has 27 heavy (non-hydrogen) atoms. The van der Waals surface area contributed by atoms with Crippen LogP contribution in [0.25, 0.3) is 0 Å². The van der Waals surface area contributed by atoms with Gasteiger partial charge in [-0.1, -0.05) is 12.1 Å². The Bertz CT molecular complexity index is 737. The maximum atomic E-state index is 13.1. The van der Waals surface area contributed by atoms with Crippen LogP contribution < -0.4 is 10.2 Å². The van der Waals surface area contributed by atoms with Gasteiger partial charge in [-0.25, -0.2) is 9.37 Å². The van der Waals surface area contributed by atoms with Gasteiger partial charge in [0, 0.05) is 51.6 Å². The van der Waals surface area contributed by atoms with Gasteiger partial charge in [-0.05, 0) is 37.5 Å². The first kappa shape index (κ1) is 19.6. The number of hydrogen-bond acceptors (Lipinski definition) is 4. The highest BCUT2D eigenvalue weighted by atomic mass is 32.1. The molecule has 3 rings (SSSR count). The van der Waals surface area contributed by atoms with Crippen LogP contribution in [0.4, 0.5) is 9.52 Å². The van der Waals surface area contributed by atoms with E-state index in [9.17, 15) is 4.39 Å². The number of anilines is 1. The van der Waals surface area contributed by atoms with E-state index in [2.05, 4.69) is 27.4 Å². The first-order valence-corrected chi connectivity index (χ1v) is 10.5. The van der Waals surface area contributed by atoms with Crippen LogP contribution in [0.1, 0.15) is 31.0 Å². The summed E-state index contributed by atoms with van der Waals surface area (Å²) in [5, 5.41) is 6.62. The second-order valence-electron chi connectivity index (χ2n) is 6.78. The fraction of sp³-hybridized carbons (Fsp3) is 0.500. The van der Waals surface area contributed by atoms with Gasteiger partial charge < -0.3 is 15.1 Å². The van der Waals surface area contributed by atoms with Crippen LogP contribution in [0.3, 0.4) is 0 Å². The van der Waals surface area contributed by atoms with E-state index >= 15 is 0 Å². The van der Waals surface area contributed by atoms with Crippen LogP contribution >= 0.6 is 11.3 Å². The molecule has 0 bridgehead atoms. The molecule has 7 heteroatoms. The zero-order valence-corrected chi connectivity index (χ0v) is 16.9. The smallest absolute Gasteiger partial charge is 0.193 e. The van der Waals surface area contributed by atoms with Gasteiger partial charge in [0.05, 0.1) is 5.69 Å². The van der Waals surface area contributed by atoms with Crippen LogP contribution in [-0.2, 0) is 13.0 Å². The van der Waals surface area contributed by atoms with Crippen molar-refractivity contribution in [2.45, 2.75) is 32.7 Å². The van der Waals surface area contributed by atoms with Crippen molar-refractivity contribution >= 4 is 22.4 Å². The van der Waals surface area contributed by atoms with Crippen molar-refractivity contribution in [1.82, 2.24) is 15.2 Å². The van der Waals surface area contributed by atoms with Gasteiger partial charge in [-0.15, -0.1) is 11.3 Å². The number of nitrogens with zero attached hydrogens (tertiary/aromatic N) is 4. The van der Waals surface area contributed by atoms with Gasteiger partial charge in [-0.2, -0.15) is 0 Å². The minimum absolute atomic E-state index is 0.210. The molecular formula is C20H28FN5S. The van der Waals surface area contributed by atoms with Gasteiger partial charge in [-0.3, -0.25) is 4.99 Å². The van der Waals surface area contributed by atoms with Crippen molar-refractivity contribution in [3.05, 3.63) is 46.7 Å². The fourth-order valence-electron chi connectivity index (χ4n) is 3.15. The molecule has 1 fully saturated rings. The van der Waals surface area contributed by atoms with E-state index < -0.39 is 0 Å². The molecule has 0 aliphatic carbocycles. The average Bonchev–Trinajstić information content (AvgIpc) is 3.34. The highest BCUT2D eigenvalue weighted by molar-refractivity contribution is 7.13. The van der Waals surface area contributed by atoms with Crippen molar-refractivity contribution in [2.75, 3.05) is 38.1 Å². The standard InChI is InChI=1S/C20H28FN5S/c1-3-22-19(25(2)14-16-6-8-17(21)9-7-16)23-11-10-18-15-27-20(24-18)26-12-4-5-13-26/h6-9,15H,3-5,10-14H2,1-2H3,(H,22,23). The fourth-order valence-corrected chi connectivity index (χ4v) is 4.06. The molecule has 1 aromatic carbocycles. The number of benzene rings is 1. The highest BCUT2D eigenvalue weighted by Gasteiger charge is 2.15. The molecule has 0 amide bonds. The molecule has 0 saturated carbocycles. The summed E-state index contributed by atoms with van der Waals surface area (Å²) in [7, 11) is 2.00. The Morgan fingerprint density at radius 1 is 1.30 bits per heavy atom. The van der Waals surface area contributed by atoms with Gasteiger partial charge in [0.25, 0.3) is 0 Å². The molecule has 0 atom stereocenters. The van der Waals surface area contributed by atoms with Crippen LogP contribution in [0.2, 0.25) is 0 Å². The van der Waals surface area contributed by atoms with E-state index in [0.717, 1.165) is 48.4 Å². The van der Waals surface area contributed by atoms with Crippen molar-refractivity contribution in [2.24, 2.45) is 4.99 Å². The largest absolute Gasteiger partial charge is 0.357 e. The predicted molar refractivity (Wildman–Crippen MR) is 111 cm³/mol. The quantitative estimate of drug-likeness (QED) is 0.581. The molecule has 5 nitrogen and oxygen atoms in total. The summed E-state index contributed by atoms with van der Waals surface area (Å²) in [6, 6.07) is 6.61. The summed E-state index contributed by atoms with van der Waals surface area (Å²) < 4.78 is 13.1. The first-order chi connectivity index (χ1) is 13.2. The summed E-state index contributed by atoms with van der Waals surface area (Å²) in [6.45, 7) is 6.50. The monoisotopic (exact) mass is 389 g/mol. The number of guanidine groups is 1. The Hall–Kier alpha value is -2.15. The second kappa shape index (κ2) is 9.69. The number of aromatic nitrogens is 1. The third-order valence-electron chi connectivity index (χ3n) is 4.58. The second-order valence-corrected chi connectivity index (χ2v) is 7.62.